The molecule has 1 fully saturated rings. The monoisotopic (exact) mass is 539 g/mol. The van der Waals surface area contributed by atoms with E-state index < -0.39 is 6.09 Å². The third kappa shape index (κ3) is 5.50. The molecule has 2 aliphatic rings. The molecule has 2 N–H and O–H groups in total. The lowest BCUT2D eigenvalue weighted by molar-refractivity contribution is 0.122. The second-order valence-corrected chi connectivity index (χ2v) is 9.61. The Labute approximate surface area is 231 Å². The van der Waals surface area contributed by atoms with E-state index in [0.717, 1.165) is 58.2 Å². The molecule has 3 heterocycles. The van der Waals surface area contributed by atoms with E-state index in [0.29, 0.717) is 43.6 Å². The Balaban J connectivity index is 1.33. The molecular weight excluding hydrogens is 510 g/mol. The molecule has 0 radical (unpaired) electrons. The zero-order valence-electron chi connectivity index (χ0n) is 22.1. The van der Waals surface area contributed by atoms with Crippen LogP contribution in [0.3, 0.4) is 0 Å². The van der Waals surface area contributed by atoms with Gasteiger partial charge >= 0.3 is 6.09 Å². The topological polar surface area (TPSA) is 102 Å². The molecule has 4 aromatic rings. The zero-order chi connectivity index (χ0) is 27.5. The van der Waals surface area contributed by atoms with Crippen LogP contribution in [0.15, 0.2) is 72.8 Å². The number of rotatable bonds is 7. The van der Waals surface area contributed by atoms with Gasteiger partial charge in [0.25, 0.3) is 0 Å². The van der Waals surface area contributed by atoms with E-state index in [2.05, 4.69) is 16.3 Å². The molecule has 0 saturated carbocycles. The summed E-state index contributed by atoms with van der Waals surface area (Å²) in [6.45, 7) is 3.26. The number of carbonyl (C=O) groups is 1. The number of aromatic nitrogens is 1. The number of hydrogen-bond acceptors (Lipinski definition) is 7. The van der Waals surface area contributed by atoms with Crippen molar-refractivity contribution in [2.24, 2.45) is 0 Å². The predicted octanol–water partition coefficient (Wildman–Crippen LogP) is 5.96. The Kier molecular flexibility index (Phi) is 7.11. The number of methoxy groups -OCH3 is 1. The first-order chi connectivity index (χ1) is 19.6. The van der Waals surface area contributed by atoms with Crippen molar-refractivity contribution in [2.75, 3.05) is 43.6 Å². The van der Waals surface area contributed by atoms with Crippen LogP contribution in [0, 0.1) is 0 Å². The highest BCUT2D eigenvalue weighted by atomic mass is 16.5. The maximum absolute atomic E-state index is 11.1. The number of nitrogens with zero attached hydrogens (tertiary/aromatic N) is 2. The molecule has 6 rings (SSSR count). The number of nitrogens with one attached hydrogen (secondary N) is 1. The van der Waals surface area contributed by atoms with Gasteiger partial charge in [0.2, 0.25) is 5.88 Å². The van der Waals surface area contributed by atoms with Gasteiger partial charge in [-0.05, 0) is 48.0 Å². The standard InChI is InChI=1S/C31H29N3O6/c1-37-25-8-5-20(6-9-25)19-39-29-18-24(34-11-13-38-14-12-34)17-27(33-29)26-4-2-3-21-15-22-16-23(32-31(35)36)7-10-28(22)40-30(21)26/h2-10,16-18,32H,11-15,19H2,1H3,(H,35,36). The van der Waals surface area contributed by atoms with Crippen LogP contribution in [0.5, 0.6) is 23.1 Å². The SMILES string of the molecule is COc1ccc(COc2cc(N3CCOCC3)cc(-c3cccc4c3Oc3ccc(NC(=O)O)cc3C4)n2)cc1. The van der Waals surface area contributed by atoms with Crippen LogP contribution in [0.25, 0.3) is 11.3 Å². The molecule has 204 valence electrons. The van der Waals surface area contributed by atoms with E-state index in [-0.39, 0.29) is 0 Å². The first-order valence-corrected chi connectivity index (χ1v) is 13.1. The summed E-state index contributed by atoms with van der Waals surface area (Å²) < 4.78 is 23.4. The molecule has 0 atom stereocenters. The fraction of sp³-hybridized carbons (Fsp3) is 0.226. The number of anilines is 2. The van der Waals surface area contributed by atoms with Crippen molar-refractivity contribution in [3.8, 4) is 34.4 Å². The van der Waals surface area contributed by atoms with Crippen LogP contribution in [-0.2, 0) is 17.8 Å². The van der Waals surface area contributed by atoms with E-state index >= 15 is 0 Å². The van der Waals surface area contributed by atoms with Gasteiger partial charge in [0.1, 0.15) is 23.9 Å². The van der Waals surface area contributed by atoms with E-state index in [1.165, 1.54) is 0 Å². The summed E-state index contributed by atoms with van der Waals surface area (Å²) in [6.07, 6.45) is -0.493. The summed E-state index contributed by atoms with van der Waals surface area (Å²) >= 11 is 0. The van der Waals surface area contributed by atoms with E-state index in [4.69, 9.17) is 29.0 Å². The van der Waals surface area contributed by atoms with Crippen LogP contribution in [-0.4, -0.2) is 49.6 Å². The average Bonchev–Trinajstić information content (AvgIpc) is 2.99. The van der Waals surface area contributed by atoms with Gasteiger partial charge in [-0.1, -0.05) is 24.3 Å². The van der Waals surface area contributed by atoms with Crippen LogP contribution < -0.4 is 24.4 Å². The number of morpholine rings is 1. The number of ether oxygens (including phenoxy) is 4. The van der Waals surface area contributed by atoms with Crippen molar-refractivity contribution in [2.45, 2.75) is 13.0 Å². The van der Waals surface area contributed by atoms with Crippen molar-refractivity contribution in [3.63, 3.8) is 0 Å². The first kappa shape index (κ1) is 25.5. The fourth-order valence-corrected chi connectivity index (χ4v) is 4.97. The molecule has 9 nitrogen and oxygen atoms in total. The predicted molar refractivity (Wildman–Crippen MR) is 151 cm³/mol. The minimum Gasteiger partial charge on any atom is -0.497 e. The molecule has 1 amide bonds. The maximum atomic E-state index is 11.1. The lowest BCUT2D eigenvalue weighted by Crippen LogP contribution is -2.36. The number of hydrogen-bond donors (Lipinski definition) is 2. The number of benzene rings is 3. The van der Waals surface area contributed by atoms with E-state index in [1.807, 2.05) is 54.6 Å². The number of para-hydroxylation sites is 1. The summed E-state index contributed by atoms with van der Waals surface area (Å²) in [5.41, 5.74) is 6.05. The third-order valence-electron chi connectivity index (χ3n) is 6.99. The number of carboxylic acid groups (broad SMARTS) is 1. The maximum Gasteiger partial charge on any atom is 0.409 e. The lowest BCUT2D eigenvalue weighted by Gasteiger charge is -2.29. The highest BCUT2D eigenvalue weighted by Crippen LogP contribution is 2.44. The van der Waals surface area contributed by atoms with Gasteiger partial charge in [0, 0.05) is 53.6 Å². The Morgan fingerprint density at radius 3 is 2.62 bits per heavy atom. The highest BCUT2D eigenvalue weighted by molar-refractivity contribution is 5.83. The van der Waals surface area contributed by atoms with Crippen LogP contribution in [0.4, 0.5) is 16.2 Å². The summed E-state index contributed by atoms with van der Waals surface area (Å²) in [6, 6.07) is 23.1. The molecule has 9 heteroatoms. The molecule has 0 aliphatic carbocycles. The molecule has 40 heavy (non-hydrogen) atoms. The zero-order valence-corrected chi connectivity index (χ0v) is 22.1. The first-order valence-electron chi connectivity index (χ1n) is 13.1. The number of fused-ring (bicyclic) bond motifs is 2. The fourth-order valence-electron chi connectivity index (χ4n) is 4.97. The molecule has 1 saturated heterocycles. The van der Waals surface area contributed by atoms with Crippen LogP contribution in [0.2, 0.25) is 0 Å². The largest absolute Gasteiger partial charge is 0.497 e. The van der Waals surface area contributed by atoms with Crippen molar-refractivity contribution in [3.05, 3.63) is 89.5 Å². The smallest absolute Gasteiger partial charge is 0.409 e. The second-order valence-electron chi connectivity index (χ2n) is 9.61. The molecule has 3 aromatic carbocycles. The highest BCUT2D eigenvalue weighted by Gasteiger charge is 2.23. The van der Waals surface area contributed by atoms with Gasteiger partial charge in [-0.15, -0.1) is 0 Å². The van der Waals surface area contributed by atoms with Crippen LogP contribution >= 0.6 is 0 Å². The van der Waals surface area contributed by atoms with Gasteiger partial charge in [0.15, 0.2) is 0 Å². The Hall–Kier alpha value is -4.76. The molecular formula is C31H29N3O6. The average molecular weight is 540 g/mol. The lowest BCUT2D eigenvalue weighted by atomic mass is 9.96. The van der Waals surface area contributed by atoms with E-state index in [9.17, 15) is 4.79 Å². The summed E-state index contributed by atoms with van der Waals surface area (Å²) in [4.78, 5) is 18.3. The van der Waals surface area contributed by atoms with Crippen molar-refractivity contribution in [1.82, 2.24) is 4.98 Å². The second kappa shape index (κ2) is 11.2. The molecule has 0 spiro atoms. The summed E-state index contributed by atoms with van der Waals surface area (Å²) in [7, 11) is 1.65. The Morgan fingerprint density at radius 2 is 1.85 bits per heavy atom. The quantitative estimate of drug-likeness (QED) is 0.261. The van der Waals surface area contributed by atoms with Gasteiger partial charge < -0.3 is 29.0 Å². The molecule has 2 aliphatic heterocycles. The minimum absolute atomic E-state index is 0.368. The van der Waals surface area contributed by atoms with Gasteiger partial charge in [-0.2, -0.15) is 0 Å². The van der Waals surface area contributed by atoms with Gasteiger partial charge in [-0.3, -0.25) is 5.32 Å². The number of pyridine rings is 1. The molecule has 1 aromatic heterocycles. The summed E-state index contributed by atoms with van der Waals surface area (Å²) in [5, 5.41) is 11.5. The summed E-state index contributed by atoms with van der Waals surface area (Å²) in [5.74, 6) is 2.74. The third-order valence-corrected chi connectivity index (χ3v) is 6.99. The van der Waals surface area contributed by atoms with Gasteiger partial charge in [-0.25, -0.2) is 9.78 Å². The van der Waals surface area contributed by atoms with Crippen molar-refractivity contribution in [1.29, 1.82) is 0 Å². The van der Waals surface area contributed by atoms with Gasteiger partial charge in [0.05, 0.1) is 26.0 Å². The Morgan fingerprint density at radius 1 is 1.02 bits per heavy atom. The van der Waals surface area contributed by atoms with E-state index in [1.54, 1.807) is 19.2 Å². The van der Waals surface area contributed by atoms with Crippen molar-refractivity contribution >= 4 is 17.5 Å². The van der Waals surface area contributed by atoms with Crippen molar-refractivity contribution < 1.29 is 28.8 Å². The number of amides is 1. The molecule has 0 unspecified atom stereocenters. The molecule has 0 bridgehead atoms. The minimum atomic E-state index is -1.10. The van der Waals surface area contributed by atoms with Crippen LogP contribution in [0.1, 0.15) is 16.7 Å². The normalized spacial score (nSPS) is 14.0. The Bertz CT molecular complexity index is 1530.